The number of nitrogens with zero attached hydrogens (tertiary/aromatic N) is 3. The van der Waals surface area contributed by atoms with Crippen molar-refractivity contribution in [3.8, 4) is 0 Å². The summed E-state index contributed by atoms with van der Waals surface area (Å²) in [6, 6.07) is 8.24. The van der Waals surface area contributed by atoms with E-state index in [1.165, 1.54) is 11.1 Å². The van der Waals surface area contributed by atoms with Gasteiger partial charge in [-0.1, -0.05) is 31.2 Å². The average Bonchev–Trinajstić information content (AvgIpc) is 2.82. The summed E-state index contributed by atoms with van der Waals surface area (Å²) in [7, 11) is 1.95. The first kappa shape index (κ1) is 12.4. The van der Waals surface area contributed by atoms with Crippen LogP contribution in [0.25, 0.3) is 0 Å². The minimum absolute atomic E-state index is 0.0831. The summed E-state index contributed by atoms with van der Waals surface area (Å²) in [6.45, 7) is 2.83. The van der Waals surface area contributed by atoms with E-state index < -0.39 is 0 Å². The molecular formula is C16H18N4O. The van der Waals surface area contributed by atoms with Crippen LogP contribution in [0.3, 0.4) is 0 Å². The molecule has 4 rings (SSSR count). The van der Waals surface area contributed by atoms with E-state index in [0.29, 0.717) is 0 Å². The summed E-state index contributed by atoms with van der Waals surface area (Å²) in [5.41, 5.74) is 4.42. The second kappa shape index (κ2) is 4.35. The number of anilines is 2. The highest BCUT2D eigenvalue weighted by molar-refractivity contribution is 6.04. The molecule has 1 amide bonds. The number of carbonyl (C=O) groups is 1. The van der Waals surface area contributed by atoms with E-state index in [4.69, 9.17) is 0 Å². The summed E-state index contributed by atoms with van der Waals surface area (Å²) in [6.07, 6.45) is 1.58. The molecule has 2 aliphatic rings. The van der Waals surface area contributed by atoms with Crippen molar-refractivity contribution in [2.45, 2.75) is 32.4 Å². The van der Waals surface area contributed by atoms with E-state index >= 15 is 0 Å². The zero-order chi connectivity index (χ0) is 14.6. The minimum atomic E-state index is -0.132. The third-order valence-electron chi connectivity index (χ3n) is 4.50. The number of hydrogen-bond acceptors (Lipinski definition) is 3. The van der Waals surface area contributed by atoms with E-state index in [1.807, 2.05) is 17.8 Å². The molecule has 1 aromatic carbocycles. The van der Waals surface area contributed by atoms with Gasteiger partial charge in [-0.3, -0.25) is 9.48 Å². The molecule has 21 heavy (non-hydrogen) atoms. The molecule has 0 spiro atoms. The van der Waals surface area contributed by atoms with Crippen LogP contribution in [-0.2, 0) is 31.2 Å². The zero-order valence-corrected chi connectivity index (χ0v) is 12.3. The van der Waals surface area contributed by atoms with Gasteiger partial charge >= 0.3 is 0 Å². The highest BCUT2D eigenvalue weighted by Crippen LogP contribution is 2.39. The third-order valence-corrected chi connectivity index (χ3v) is 4.50. The smallest absolute Gasteiger partial charge is 0.247 e. The van der Waals surface area contributed by atoms with Gasteiger partial charge in [-0.2, -0.15) is 5.10 Å². The fourth-order valence-corrected chi connectivity index (χ4v) is 3.46. The van der Waals surface area contributed by atoms with Crippen LogP contribution in [-0.4, -0.2) is 21.7 Å². The van der Waals surface area contributed by atoms with Crippen LogP contribution in [0.15, 0.2) is 24.3 Å². The number of benzene rings is 1. The number of fused-ring (bicyclic) bond motifs is 4. The van der Waals surface area contributed by atoms with E-state index in [9.17, 15) is 4.79 Å². The van der Waals surface area contributed by atoms with Gasteiger partial charge in [-0.25, -0.2) is 0 Å². The molecule has 1 aromatic heterocycles. The number of rotatable bonds is 1. The maximum atomic E-state index is 12.5. The first-order valence-corrected chi connectivity index (χ1v) is 7.39. The van der Waals surface area contributed by atoms with Gasteiger partial charge in [-0.05, 0) is 17.5 Å². The Morgan fingerprint density at radius 1 is 1.33 bits per heavy atom. The van der Waals surface area contributed by atoms with Crippen LogP contribution in [0, 0.1) is 0 Å². The molecule has 1 unspecified atom stereocenters. The predicted molar refractivity (Wildman–Crippen MR) is 81.3 cm³/mol. The molecule has 0 radical (unpaired) electrons. The molecule has 108 valence electrons. The maximum Gasteiger partial charge on any atom is 0.247 e. The Balaban J connectivity index is 1.85. The summed E-state index contributed by atoms with van der Waals surface area (Å²) in [5.74, 6) is 1.12. The van der Waals surface area contributed by atoms with Gasteiger partial charge in [0.15, 0.2) is 5.82 Å². The Bertz CT molecular complexity index is 734. The lowest BCUT2D eigenvalue weighted by molar-refractivity contribution is -0.117. The zero-order valence-electron chi connectivity index (χ0n) is 12.3. The molecule has 0 saturated carbocycles. The first-order chi connectivity index (χ1) is 10.2. The van der Waals surface area contributed by atoms with Gasteiger partial charge in [0.05, 0.1) is 5.69 Å². The monoisotopic (exact) mass is 282 g/mol. The Labute approximate surface area is 123 Å². The highest BCUT2D eigenvalue weighted by atomic mass is 16.2. The number of amides is 1. The molecule has 3 heterocycles. The summed E-state index contributed by atoms with van der Waals surface area (Å²) >= 11 is 0. The normalized spacial score (nSPS) is 19.6. The molecule has 1 atom stereocenters. The SMILES string of the molecule is CCc1nn(C)c2c1NC(=O)C1Cc3ccccc3CN21. The molecule has 0 fully saturated rings. The van der Waals surface area contributed by atoms with Gasteiger partial charge in [0.1, 0.15) is 11.7 Å². The number of nitrogens with one attached hydrogen (secondary N) is 1. The van der Waals surface area contributed by atoms with Gasteiger partial charge in [-0.15, -0.1) is 0 Å². The van der Waals surface area contributed by atoms with Gasteiger partial charge in [0.25, 0.3) is 0 Å². The Hall–Kier alpha value is -2.30. The van der Waals surface area contributed by atoms with E-state index in [2.05, 4.69) is 40.4 Å². The van der Waals surface area contributed by atoms with Crippen LogP contribution in [0.1, 0.15) is 23.7 Å². The topological polar surface area (TPSA) is 50.2 Å². The lowest BCUT2D eigenvalue weighted by atomic mass is 9.92. The average molecular weight is 282 g/mol. The standard InChI is InChI=1S/C16H18N4O/c1-3-12-14-16(19(2)18-12)20-9-11-7-5-4-6-10(11)8-13(20)15(21)17-14/h4-7,13H,3,8-9H2,1-2H3,(H,17,21). The van der Waals surface area contributed by atoms with E-state index in [1.54, 1.807) is 0 Å². The lowest BCUT2D eigenvalue weighted by Crippen LogP contribution is -2.51. The van der Waals surface area contributed by atoms with Gasteiger partial charge in [0.2, 0.25) is 5.91 Å². The molecular weight excluding hydrogens is 264 g/mol. The van der Waals surface area contributed by atoms with Crippen LogP contribution < -0.4 is 10.2 Å². The summed E-state index contributed by atoms with van der Waals surface area (Å²) < 4.78 is 1.90. The van der Waals surface area contributed by atoms with Crippen molar-refractivity contribution in [2.24, 2.45) is 7.05 Å². The van der Waals surface area contributed by atoms with Crippen molar-refractivity contribution in [1.82, 2.24) is 9.78 Å². The van der Waals surface area contributed by atoms with Crippen molar-refractivity contribution in [3.05, 3.63) is 41.1 Å². The second-order valence-electron chi connectivity index (χ2n) is 5.73. The van der Waals surface area contributed by atoms with Crippen molar-refractivity contribution in [2.75, 3.05) is 10.2 Å². The lowest BCUT2D eigenvalue weighted by Gasteiger charge is -2.40. The summed E-state index contributed by atoms with van der Waals surface area (Å²) in [5, 5.41) is 7.62. The fourth-order valence-electron chi connectivity index (χ4n) is 3.46. The number of carbonyl (C=O) groups excluding carboxylic acids is 1. The molecule has 0 saturated heterocycles. The van der Waals surface area contributed by atoms with Crippen molar-refractivity contribution in [1.29, 1.82) is 0 Å². The predicted octanol–water partition coefficient (Wildman–Crippen LogP) is 1.87. The van der Waals surface area contributed by atoms with Crippen LogP contribution in [0.5, 0.6) is 0 Å². The molecule has 2 aliphatic heterocycles. The highest BCUT2D eigenvalue weighted by Gasteiger charge is 2.39. The summed E-state index contributed by atoms with van der Waals surface area (Å²) in [4.78, 5) is 14.7. The van der Waals surface area contributed by atoms with Crippen molar-refractivity contribution < 1.29 is 4.79 Å². The number of aryl methyl sites for hydroxylation is 2. The second-order valence-corrected chi connectivity index (χ2v) is 5.73. The fraction of sp³-hybridized carbons (Fsp3) is 0.375. The number of hydrogen-bond donors (Lipinski definition) is 1. The Morgan fingerprint density at radius 2 is 2.10 bits per heavy atom. The molecule has 0 bridgehead atoms. The van der Waals surface area contributed by atoms with Crippen LogP contribution >= 0.6 is 0 Å². The Kier molecular flexibility index (Phi) is 2.58. The van der Waals surface area contributed by atoms with Crippen molar-refractivity contribution >= 4 is 17.4 Å². The van der Waals surface area contributed by atoms with Crippen LogP contribution in [0.2, 0.25) is 0 Å². The quantitative estimate of drug-likeness (QED) is 0.868. The molecule has 5 nitrogen and oxygen atoms in total. The van der Waals surface area contributed by atoms with Gasteiger partial charge in [0, 0.05) is 20.0 Å². The third kappa shape index (κ3) is 1.70. The van der Waals surface area contributed by atoms with E-state index in [-0.39, 0.29) is 11.9 Å². The minimum Gasteiger partial charge on any atom is -0.338 e. The maximum absolute atomic E-state index is 12.5. The van der Waals surface area contributed by atoms with Gasteiger partial charge < -0.3 is 10.2 Å². The number of aromatic nitrogens is 2. The Morgan fingerprint density at radius 3 is 2.86 bits per heavy atom. The van der Waals surface area contributed by atoms with E-state index in [0.717, 1.165) is 36.6 Å². The first-order valence-electron chi connectivity index (χ1n) is 7.39. The molecule has 1 N–H and O–H groups in total. The molecule has 2 aromatic rings. The largest absolute Gasteiger partial charge is 0.338 e. The molecule has 0 aliphatic carbocycles. The van der Waals surface area contributed by atoms with Crippen molar-refractivity contribution in [3.63, 3.8) is 0 Å². The van der Waals surface area contributed by atoms with Crippen LogP contribution in [0.4, 0.5) is 11.5 Å². The molecule has 5 heteroatoms.